The van der Waals surface area contributed by atoms with E-state index in [2.05, 4.69) is 20.8 Å². The lowest BCUT2D eigenvalue weighted by molar-refractivity contribution is -0.174. The van der Waals surface area contributed by atoms with Crippen molar-refractivity contribution in [1.82, 2.24) is 0 Å². The van der Waals surface area contributed by atoms with Crippen molar-refractivity contribution in [1.29, 1.82) is 0 Å². The van der Waals surface area contributed by atoms with E-state index in [1.807, 2.05) is 6.92 Å². The number of fused-ring (bicyclic) bond motifs is 5. The Balaban J connectivity index is 1.17. The Morgan fingerprint density at radius 3 is 2.32 bits per heavy atom. The van der Waals surface area contributed by atoms with E-state index < -0.39 is 24.2 Å². The number of hydrogen-bond acceptors (Lipinski definition) is 6. The fraction of sp³-hybridized carbons (Fsp3) is 0.763. The molecule has 4 aliphatic rings. The minimum Gasteiger partial charge on any atom is -0.426 e. The highest BCUT2D eigenvalue weighted by Crippen LogP contribution is 2.68. The SMILES string of the molecule is CC(=O)Oc1ccccc1C(=O)OC(OC(C)=O)C(C)CCC[C@@H](C)[C@H]1CC[C@H]2[C@@H]3CCC4CCCC[C@]4(C)[C@H]3CC[C@]12C. The van der Waals surface area contributed by atoms with Crippen LogP contribution in [0.3, 0.4) is 0 Å². The second-order valence-electron chi connectivity index (χ2n) is 15.5. The lowest BCUT2D eigenvalue weighted by Gasteiger charge is -2.61. The predicted molar refractivity (Wildman–Crippen MR) is 171 cm³/mol. The molecule has 0 saturated heterocycles. The summed E-state index contributed by atoms with van der Waals surface area (Å²) in [6.07, 6.45) is 16.2. The average Bonchev–Trinajstić information content (AvgIpc) is 3.33. The van der Waals surface area contributed by atoms with Crippen molar-refractivity contribution >= 4 is 17.9 Å². The Kier molecular flexibility index (Phi) is 10.2. The van der Waals surface area contributed by atoms with Crippen molar-refractivity contribution in [3.8, 4) is 5.75 Å². The molecule has 0 spiro atoms. The van der Waals surface area contributed by atoms with Crippen LogP contribution in [0.5, 0.6) is 5.75 Å². The molecule has 4 aliphatic carbocycles. The Bertz CT molecular complexity index is 1190. The first-order valence-electron chi connectivity index (χ1n) is 17.6. The van der Waals surface area contributed by atoms with Gasteiger partial charge in [0.25, 0.3) is 0 Å². The summed E-state index contributed by atoms with van der Waals surface area (Å²) < 4.78 is 16.4. The molecule has 10 atom stereocenters. The maximum atomic E-state index is 13.1. The third-order valence-corrected chi connectivity index (χ3v) is 13.0. The topological polar surface area (TPSA) is 78.9 Å². The van der Waals surface area contributed by atoms with Crippen molar-refractivity contribution in [3.63, 3.8) is 0 Å². The van der Waals surface area contributed by atoms with E-state index in [-0.39, 0.29) is 17.2 Å². The molecular formula is C38H56O6. The fourth-order valence-corrected chi connectivity index (χ4v) is 10.8. The van der Waals surface area contributed by atoms with Crippen LogP contribution < -0.4 is 4.74 Å². The summed E-state index contributed by atoms with van der Waals surface area (Å²) in [7, 11) is 0. The number of ether oxygens (including phenoxy) is 3. The molecule has 0 radical (unpaired) electrons. The largest absolute Gasteiger partial charge is 0.426 e. The van der Waals surface area contributed by atoms with Crippen LogP contribution in [0, 0.1) is 52.3 Å². The lowest BCUT2D eigenvalue weighted by atomic mass is 9.44. The second-order valence-corrected chi connectivity index (χ2v) is 15.5. The molecule has 0 heterocycles. The van der Waals surface area contributed by atoms with Crippen molar-refractivity contribution < 1.29 is 28.6 Å². The van der Waals surface area contributed by atoms with Gasteiger partial charge in [-0.2, -0.15) is 0 Å². The predicted octanol–water partition coefficient (Wildman–Crippen LogP) is 9.15. The van der Waals surface area contributed by atoms with Gasteiger partial charge in [0, 0.05) is 19.8 Å². The lowest BCUT2D eigenvalue weighted by Crippen LogP contribution is -2.53. The van der Waals surface area contributed by atoms with Crippen LogP contribution in [0.25, 0.3) is 0 Å². The summed E-state index contributed by atoms with van der Waals surface area (Å²) >= 11 is 0. The summed E-state index contributed by atoms with van der Waals surface area (Å²) in [5, 5.41) is 0. The van der Waals surface area contributed by atoms with Crippen LogP contribution in [0.4, 0.5) is 0 Å². The van der Waals surface area contributed by atoms with Gasteiger partial charge >= 0.3 is 17.9 Å². The zero-order valence-corrected chi connectivity index (χ0v) is 28.1. The van der Waals surface area contributed by atoms with Crippen LogP contribution in [0.2, 0.25) is 0 Å². The summed E-state index contributed by atoms with van der Waals surface area (Å²) in [5.41, 5.74) is 1.17. The number of rotatable bonds is 10. The van der Waals surface area contributed by atoms with Gasteiger partial charge in [-0.1, -0.05) is 65.5 Å². The van der Waals surface area contributed by atoms with Gasteiger partial charge < -0.3 is 14.2 Å². The normalized spacial score (nSPS) is 34.8. The van der Waals surface area contributed by atoms with Crippen LogP contribution in [0.15, 0.2) is 24.3 Å². The highest BCUT2D eigenvalue weighted by molar-refractivity contribution is 5.93. The molecule has 0 amide bonds. The number of para-hydroxylation sites is 1. The molecule has 1 aromatic rings. The molecule has 0 bridgehead atoms. The highest BCUT2D eigenvalue weighted by Gasteiger charge is 2.60. The summed E-state index contributed by atoms with van der Waals surface area (Å²) in [6.45, 7) is 12.4. The minimum absolute atomic E-state index is 0.130. The smallest absolute Gasteiger partial charge is 0.345 e. The Morgan fingerprint density at radius 1 is 0.818 bits per heavy atom. The Labute approximate surface area is 265 Å². The molecule has 1 aromatic carbocycles. The van der Waals surface area contributed by atoms with Crippen LogP contribution in [-0.2, 0) is 19.1 Å². The molecule has 3 unspecified atom stereocenters. The van der Waals surface area contributed by atoms with Gasteiger partial charge in [0.05, 0.1) is 0 Å². The van der Waals surface area contributed by atoms with Gasteiger partial charge in [0.2, 0.25) is 6.29 Å². The van der Waals surface area contributed by atoms with Gasteiger partial charge in [-0.05, 0) is 116 Å². The van der Waals surface area contributed by atoms with Crippen molar-refractivity contribution in [2.75, 3.05) is 0 Å². The number of esters is 3. The minimum atomic E-state index is -0.999. The zero-order chi connectivity index (χ0) is 31.6. The van der Waals surface area contributed by atoms with E-state index in [1.165, 1.54) is 78.1 Å². The van der Waals surface area contributed by atoms with Crippen molar-refractivity contribution in [2.24, 2.45) is 52.3 Å². The quantitative estimate of drug-likeness (QED) is 0.150. The molecule has 244 valence electrons. The number of carbonyl (C=O) groups is 3. The third-order valence-electron chi connectivity index (χ3n) is 13.0. The number of carbonyl (C=O) groups excluding carboxylic acids is 3. The first-order chi connectivity index (χ1) is 20.9. The highest BCUT2D eigenvalue weighted by atomic mass is 16.7. The maximum Gasteiger partial charge on any atom is 0.345 e. The van der Waals surface area contributed by atoms with E-state index in [0.717, 1.165) is 48.9 Å². The van der Waals surface area contributed by atoms with Crippen LogP contribution in [-0.4, -0.2) is 24.2 Å². The molecule has 0 aromatic heterocycles. The molecule has 6 heteroatoms. The molecule has 0 aliphatic heterocycles. The summed E-state index contributed by atoms with van der Waals surface area (Å²) in [4.78, 5) is 36.5. The van der Waals surface area contributed by atoms with E-state index in [0.29, 0.717) is 16.7 Å². The Hall–Kier alpha value is -2.37. The Morgan fingerprint density at radius 2 is 1.57 bits per heavy atom. The van der Waals surface area contributed by atoms with Crippen LogP contribution >= 0.6 is 0 Å². The first kappa shape index (κ1) is 33.0. The molecule has 4 saturated carbocycles. The third kappa shape index (κ3) is 6.60. The van der Waals surface area contributed by atoms with Crippen molar-refractivity contribution in [2.45, 2.75) is 131 Å². The zero-order valence-electron chi connectivity index (χ0n) is 28.1. The number of hydrogen-bond donors (Lipinski definition) is 0. The van der Waals surface area contributed by atoms with E-state index >= 15 is 0 Å². The van der Waals surface area contributed by atoms with Crippen LogP contribution in [0.1, 0.15) is 135 Å². The molecule has 0 N–H and O–H groups in total. The van der Waals surface area contributed by atoms with Gasteiger partial charge in [-0.15, -0.1) is 0 Å². The molecule has 5 rings (SSSR count). The van der Waals surface area contributed by atoms with Gasteiger partial charge in [0.1, 0.15) is 11.3 Å². The fourth-order valence-electron chi connectivity index (χ4n) is 10.8. The van der Waals surface area contributed by atoms with Gasteiger partial charge in [-0.25, -0.2) is 4.79 Å². The van der Waals surface area contributed by atoms with E-state index in [9.17, 15) is 14.4 Å². The molecule has 6 nitrogen and oxygen atoms in total. The molecule has 44 heavy (non-hydrogen) atoms. The monoisotopic (exact) mass is 608 g/mol. The first-order valence-corrected chi connectivity index (χ1v) is 17.6. The summed E-state index contributed by atoms with van der Waals surface area (Å²) in [6, 6.07) is 6.45. The second kappa shape index (κ2) is 13.5. The maximum absolute atomic E-state index is 13.1. The molecule has 4 fully saturated rings. The average molecular weight is 609 g/mol. The summed E-state index contributed by atoms with van der Waals surface area (Å²) in [5.74, 6) is 3.40. The standard InChI is InChI=1S/C38H56O6/c1-24(31-19-20-32-29-18-17-28-14-9-10-22-37(28,5)33(29)21-23-38(31,32)6)12-11-13-25(2)36(43-27(4)40)44-35(41)30-15-7-8-16-34(30)42-26(3)39/h7-8,15-16,24-25,28-29,31-33,36H,9-14,17-23H2,1-6H3/t24-,25?,28?,29+,31-,32+,33+,36?,37+,38-/m1/s1. The van der Waals surface area contributed by atoms with E-state index in [4.69, 9.17) is 14.2 Å². The number of benzene rings is 1. The van der Waals surface area contributed by atoms with Gasteiger partial charge in [-0.3, -0.25) is 9.59 Å². The molecular weight excluding hydrogens is 552 g/mol. The van der Waals surface area contributed by atoms with E-state index in [1.54, 1.807) is 24.3 Å². The van der Waals surface area contributed by atoms with Gasteiger partial charge in [0.15, 0.2) is 0 Å². The van der Waals surface area contributed by atoms with Crippen molar-refractivity contribution in [3.05, 3.63) is 29.8 Å².